The first kappa shape index (κ1) is 25.7. The molecular weight excluding hydrogens is 471 g/mol. The lowest BCUT2D eigenvalue weighted by Gasteiger charge is -2.30. The lowest BCUT2D eigenvalue weighted by molar-refractivity contribution is -0.204. The van der Waals surface area contributed by atoms with Crippen molar-refractivity contribution in [2.45, 2.75) is 31.2 Å². The van der Waals surface area contributed by atoms with Gasteiger partial charge >= 0.3 is 12.2 Å². The maximum Gasteiger partial charge on any atom is 0.440 e. The normalized spacial score (nSPS) is 17.7. The summed E-state index contributed by atoms with van der Waals surface area (Å²) in [5, 5.41) is 3.34. The fourth-order valence-corrected chi connectivity index (χ4v) is 3.53. The number of nitrogens with one attached hydrogen (secondary N) is 2. The van der Waals surface area contributed by atoms with E-state index in [0.717, 1.165) is 0 Å². The maximum atomic E-state index is 14.1. The van der Waals surface area contributed by atoms with Crippen molar-refractivity contribution in [1.82, 2.24) is 15.5 Å². The molecule has 0 saturated carbocycles. The number of benzene rings is 2. The average Bonchev–Trinajstić information content (AvgIpc) is 3.07. The number of alkyl halides is 3. The smallest absolute Gasteiger partial charge is 0.440 e. The molecule has 1 saturated heterocycles. The van der Waals surface area contributed by atoms with Crippen LogP contribution in [0.1, 0.15) is 17.5 Å². The number of amides is 4. The fraction of sp³-hybridized carbons (Fsp3) is 0.348. The van der Waals surface area contributed by atoms with Gasteiger partial charge in [-0.3, -0.25) is 19.8 Å². The summed E-state index contributed by atoms with van der Waals surface area (Å²) >= 11 is 0. The highest BCUT2D eigenvalue weighted by atomic mass is 19.4. The number of urea groups is 1. The summed E-state index contributed by atoms with van der Waals surface area (Å²) in [6.45, 7) is -0.502. The first-order valence-electron chi connectivity index (χ1n) is 10.4. The van der Waals surface area contributed by atoms with E-state index in [1.807, 2.05) is 0 Å². The summed E-state index contributed by atoms with van der Waals surface area (Å²) in [6.07, 6.45) is -5.53. The van der Waals surface area contributed by atoms with Crippen molar-refractivity contribution in [3.05, 3.63) is 53.6 Å². The van der Waals surface area contributed by atoms with Crippen molar-refractivity contribution in [1.29, 1.82) is 0 Å². The van der Waals surface area contributed by atoms with Gasteiger partial charge in [-0.05, 0) is 41.8 Å². The minimum Gasteiger partial charge on any atom is -0.497 e. The van der Waals surface area contributed by atoms with Gasteiger partial charge in [-0.15, -0.1) is 0 Å². The van der Waals surface area contributed by atoms with Gasteiger partial charge in [0.2, 0.25) is 5.91 Å². The molecule has 2 aromatic rings. The van der Waals surface area contributed by atoms with E-state index in [-0.39, 0.29) is 18.4 Å². The summed E-state index contributed by atoms with van der Waals surface area (Å²) in [5.41, 5.74) is -2.62. The van der Waals surface area contributed by atoms with Crippen LogP contribution in [0.5, 0.6) is 17.2 Å². The van der Waals surface area contributed by atoms with E-state index in [4.69, 9.17) is 14.2 Å². The number of ether oxygens (including phenoxy) is 3. The second kappa shape index (κ2) is 10.1. The van der Waals surface area contributed by atoms with Crippen LogP contribution in [-0.4, -0.2) is 55.9 Å². The van der Waals surface area contributed by atoms with Crippen molar-refractivity contribution in [3.8, 4) is 17.2 Å². The molecule has 0 bridgehead atoms. The predicted molar refractivity (Wildman–Crippen MR) is 117 cm³/mol. The number of carbonyl (C=O) groups is 3. The van der Waals surface area contributed by atoms with E-state index in [1.54, 1.807) is 34.9 Å². The van der Waals surface area contributed by atoms with Crippen LogP contribution in [0, 0.1) is 0 Å². The summed E-state index contributed by atoms with van der Waals surface area (Å²) in [6, 6.07) is 9.75. The van der Waals surface area contributed by atoms with Gasteiger partial charge < -0.3 is 19.5 Å². The molecule has 4 amide bonds. The van der Waals surface area contributed by atoms with Gasteiger partial charge in [0.1, 0.15) is 17.2 Å². The Morgan fingerprint density at radius 2 is 1.51 bits per heavy atom. The monoisotopic (exact) mass is 495 g/mol. The SMILES string of the molecule is COc1ccc(CCC(=O)N[C@]2(C(F)(F)F)NC(=O)N(Cc3cc(OC)cc(OC)c3)C2=O)cc1. The third-order valence-corrected chi connectivity index (χ3v) is 5.41. The van der Waals surface area contributed by atoms with Crippen LogP contribution < -0.4 is 24.8 Å². The number of halogens is 3. The first-order chi connectivity index (χ1) is 16.5. The number of hydrogen-bond acceptors (Lipinski definition) is 6. The van der Waals surface area contributed by atoms with E-state index in [2.05, 4.69) is 0 Å². The van der Waals surface area contributed by atoms with Gasteiger partial charge in [0, 0.05) is 12.5 Å². The number of rotatable bonds is 9. The average molecular weight is 495 g/mol. The molecule has 0 radical (unpaired) electrons. The number of nitrogens with zero attached hydrogens (tertiary/aromatic N) is 1. The second-order valence-electron chi connectivity index (χ2n) is 7.69. The zero-order chi connectivity index (χ0) is 25.8. The summed E-state index contributed by atoms with van der Waals surface area (Å²) in [4.78, 5) is 38.2. The Hall–Kier alpha value is -3.96. The third kappa shape index (κ3) is 5.42. The largest absolute Gasteiger partial charge is 0.497 e. The van der Waals surface area contributed by atoms with Gasteiger partial charge in [-0.1, -0.05) is 12.1 Å². The van der Waals surface area contributed by atoms with E-state index in [9.17, 15) is 27.6 Å². The van der Waals surface area contributed by atoms with Gasteiger partial charge in [-0.25, -0.2) is 4.79 Å². The zero-order valence-corrected chi connectivity index (χ0v) is 19.2. The van der Waals surface area contributed by atoms with Crippen molar-refractivity contribution < 1.29 is 41.8 Å². The number of hydrogen-bond donors (Lipinski definition) is 2. The van der Waals surface area contributed by atoms with Crippen molar-refractivity contribution in [2.75, 3.05) is 21.3 Å². The number of methoxy groups -OCH3 is 3. The number of imide groups is 1. The van der Waals surface area contributed by atoms with Gasteiger partial charge in [-0.2, -0.15) is 13.2 Å². The van der Waals surface area contributed by atoms with Crippen LogP contribution in [0.15, 0.2) is 42.5 Å². The maximum absolute atomic E-state index is 14.1. The molecular formula is C23H24F3N3O6. The van der Waals surface area contributed by atoms with Gasteiger partial charge in [0.15, 0.2) is 0 Å². The van der Waals surface area contributed by atoms with Crippen LogP contribution in [-0.2, 0) is 22.6 Å². The van der Waals surface area contributed by atoms with Crippen molar-refractivity contribution >= 4 is 17.8 Å². The molecule has 2 aromatic carbocycles. The molecule has 188 valence electrons. The Bertz CT molecular complexity index is 1080. The molecule has 0 aromatic heterocycles. The third-order valence-electron chi connectivity index (χ3n) is 5.41. The highest BCUT2D eigenvalue weighted by Crippen LogP contribution is 2.35. The van der Waals surface area contributed by atoms with Gasteiger partial charge in [0.05, 0.1) is 27.9 Å². The van der Waals surface area contributed by atoms with E-state index in [0.29, 0.717) is 27.7 Å². The van der Waals surface area contributed by atoms with Crippen LogP contribution >= 0.6 is 0 Å². The Labute approximate surface area is 199 Å². The molecule has 1 atom stereocenters. The fourth-order valence-electron chi connectivity index (χ4n) is 3.53. The standard InChI is InChI=1S/C23H24F3N3O6/c1-33-16-7-4-14(5-8-16)6-9-19(30)27-22(23(24,25)26)20(31)29(21(32)28-22)13-15-10-17(34-2)12-18(11-15)35-3/h4-5,7-8,10-12H,6,9,13H2,1-3H3,(H,27,30)(H,28,32)/t22-/m0/s1. The van der Waals surface area contributed by atoms with E-state index < -0.39 is 36.2 Å². The zero-order valence-electron chi connectivity index (χ0n) is 19.2. The van der Waals surface area contributed by atoms with Crippen molar-refractivity contribution in [2.24, 2.45) is 0 Å². The van der Waals surface area contributed by atoms with E-state index >= 15 is 0 Å². The number of carbonyl (C=O) groups excluding carboxylic acids is 3. The Morgan fingerprint density at radius 1 is 0.943 bits per heavy atom. The van der Waals surface area contributed by atoms with Crippen LogP contribution in [0.25, 0.3) is 0 Å². The van der Waals surface area contributed by atoms with Crippen molar-refractivity contribution in [3.63, 3.8) is 0 Å². The minimum absolute atomic E-state index is 0.110. The highest BCUT2D eigenvalue weighted by Gasteiger charge is 2.68. The quantitative estimate of drug-likeness (QED) is 0.519. The minimum atomic E-state index is -5.30. The molecule has 35 heavy (non-hydrogen) atoms. The topological polar surface area (TPSA) is 106 Å². The first-order valence-corrected chi connectivity index (χ1v) is 10.4. The second-order valence-corrected chi connectivity index (χ2v) is 7.69. The molecule has 1 heterocycles. The van der Waals surface area contributed by atoms with Crippen LogP contribution in [0.4, 0.5) is 18.0 Å². The Morgan fingerprint density at radius 3 is 2.03 bits per heavy atom. The molecule has 1 aliphatic heterocycles. The number of aryl methyl sites for hydroxylation is 1. The van der Waals surface area contributed by atoms with Crippen LogP contribution in [0.3, 0.4) is 0 Å². The molecule has 0 unspecified atom stereocenters. The van der Waals surface area contributed by atoms with Gasteiger partial charge in [0.25, 0.3) is 11.6 Å². The lowest BCUT2D eigenvalue weighted by Crippen LogP contribution is -2.69. The highest BCUT2D eigenvalue weighted by molar-refractivity contribution is 6.08. The molecule has 0 spiro atoms. The molecule has 1 aliphatic rings. The van der Waals surface area contributed by atoms with E-state index in [1.165, 1.54) is 39.5 Å². The molecule has 1 fully saturated rings. The predicted octanol–water partition coefficient (Wildman–Crippen LogP) is 2.77. The molecule has 9 nitrogen and oxygen atoms in total. The summed E-state index contributed by atoms with van der Waals surface area (Å²) in [7, 11) is 4.24. The Kier molecular flexibility index (Phi) is 7.42. The lowest BCUT2D eigenvalue weighted by atomic mass is 10.1. The molecule has 0 aliphatic carbocycles. The summed E-state index contributed by atoms with van der Waals surface area (Å²) in [5.74, 6) is -1.48. The van der Waals surface area contributed by atoms with Crippen LogP contribution in [0.2, 0.25) is 0 Å². The summed E-state index contributed by atoms with van der Waals surface area (Å²) < 4.78 is 57.5. The molecule has 12 heteroatoms. The molecule has 3 rings (SSSR count). The Balaban J connectivity index is 1.78. The molecule has 2 N–H and O–H groups in total.